The van der Waals surface area contributed by atoms with Crippen molar-refractivity contribution in [3.63, 3.8) is 0 Å². The summed E-state index contributed by atoms with van der Waals surface area (Å²) in [5, 5.41) is 15.9. The van der Waals surface area contributed by atoms with Crippen LogP contribution in [-0.2, 0) is 14.8 Å². The SMILES string of the molecule is Cc1n[nH]c(C)c1S(=O)(=O)NC1(C(=O)O)CCCCC1. The minimum atomic E-state index is -3.91. The number of nitrogens with one attached hydrogen (secondary N) is 2. The van der Waals surface area contributed by atoms with Gasteiger partial charge in [0.05, 0.1) is 11.4 Å². The van der Waals surface area contributed by atoms with Crippen molar-refractivity contribution in [1.29, 1.82) is 0 Å². The minimum Gasteiger partial charge on any atom is -0.480 e. The summed E-state index contributed by atoms with van der Waals surface area (Å²) < 4.78 is 27.4. The van der Waals surface area contributed by atoms with Gasteiger partial charge in [0.2, 0.25) is 10.0 Å². The van der Waals surface area contributed by atoms with E-state index in [4.69, 9.17) is 0 Å². The van der Waals surface area contributed by atoms with E-state index in [0.717, 1.165) is 6.42 Å². The van der Waals surface area contributed by atoms with Gasteiger partial charge in [0.25, 0.3) is 0 Å². The Balaban J connectivity index is 2.38. The second kappa shape index (κ2) is 5.17. The lowest BCUT2D eigenvalue weighted by Crippen LogP contribution is -2.55. The van der Waals surface area contributed by atoms with Crippen LogP contribution in [0, 0.1) is 13.8 Å². The zero-order chi connectivity index (χ0) is 15.0. The standard InChI is InChI=1S/C12H19N3O4S/c1-8-10(9(2)14-13-8)20(18,19)15-12(11(16)17)6-4-3-5-7-12/h15H,3-7H2,1-2H3,(H,13,14)(H,16,17). The first-order chi connectivity index (χ1) is 9.28. The highest BCUT2D eigenvalue weighted by atomic mass is 32.2. The number of sulfonamides is 1. The lowest BCUT2D eigenvalue weighted by Gasteiger charge is -2.33. The zero-order valence-electron chi connectivity index (χ0n) is 11.6. The lowest BCUT2D eigenvalue weighted by atomic mass is 9.83. The summed E-state index contributed by atoms with van der Waals surface area (Å²) in [6, 6.07) is 0. The number of hydrogen-bond acceptors (Lipinski definition) is 4. The van der Waals surface area contributed by atoms with Crippen LogP contribution in [0.1, 0.15) is 43.5 Å². The van der Waals surface area contributed by atoms with Gasteiger partial charge in [0, 0.05) is 0 Å². The van der Waals surface area contributed by atoms with Gasteiger partial charge in [-0.3, -0.25) is 9.89 Å². The number of carbonyl (C=O) groups is 1. The molecule has 1 fully saturated rings. The van der Waals surface area contributed by atoms with E-state index in [1.165, 1.54) is 0 Å². The Labute approximate surface area is 117 Å². The molecule has 20 heavy (non-hydrogen) atoms. The number of nitrogens with zero attached hydrogens (tertiary/aromatic N) is 1. The molecule has 7 nitrogen and oxygen atoms in total. The van der Waals surface area contributed by atoms with Gasteiger partial charge < -0.3 is 5.11 Å². The van der Waals surface area contributed by atoms with E-state index in [-0.39, 0.29) is 4.90 Å². The highest BCUT2D eigenvalue weighted by Gasteiger charge is 2.44. The molecule has 1 saturated carbocycles. The molecule has 2 rings (SSSR count). The van der Waals surface area contributed by atoms with Gasteiger partial charge in [-0.1, -0.05) is 19.3 Å². The van der Waals surface area contributed by atoms with Crippen molar-refractivity contribution in [3.8, 4) is 0 Å². The minimum absolute atomic E-state index is 0.0451. The molecule has 3 N–H and O–H groups in total. The Morgan fingerprint density at radius 1 is 1.30 bits per heavy atom. The number of rotatable bonds is 4. The largest absolute Gasteiger partial charge is 0.480 e. The lowest BCUT2D eigenvalue weighted by molar-refractivity contribution is -0.145. The summed E-state index contributed by atoms with van der Waals surface area (Å²) in [5.41, 5.74) is -0.648. The van der Waals surface area contributed by atoms with Crippen LogP contribution in [0.5, 0.6) is 0 Å². The molecule has 1 aliphatic rings. The fourth-order valence-corrected chi connectivity index (χ4v) is 4.55. The van der Waals surface area contributed by atoms with Crippen molar-refractivity contribution in [2.45, 2.75) is 56.4 Å². The summed E-state index contributed by atoms with van der Waals surface area (Å²) in [7, 11) is -3.91. The predicted molar refractivity (Wildman–Crippen MR) is 71.8 cm³/mol. The molecule has 0 atom stereocenters. The van der Waals surface area contributed by atoms with Gasteiger partial charge in [0.15, 0.2) is 0 Å². The number of carboxylic acid groups (broad SMARTS) is 1. The number of aryl methyl sites for hydroxylation is 2. The number of hydrogen-bond donors (Lipinski definition) is 3. The Kier molecular flexibility index (Phi) is 3.88. The normalized spacial score (nSPS) is 18.9. The molecule has 1 aromatic rings. The van der Waals surface area contributed by atoms with Crippen LogP contribution in [0.15, 0.2) is 4.90 Å². The molecule has 0 amide bonds. The van der Waals surface area contributed by atoms with E-state index in [9.17, 15) is 18.3 Å². The van der Waals surface area contributed by atoms with Crippen LogP contribution >= 0.6 is 0 Å². The Bertz CT molecular complexity index is 595. The Hall–Kier alpha value is -1.41. The maximum Gasteiger partial charge on any atom is 0.324 e. The highest BCUT2D eigenvalue weighted by molar-refractivity contribution is 7.89. The van der Waals surface area contributed by atoms with Gasteiger partial charge in [0.1, 0.15) is 10.4 Å². The molecule has 1 aliphatic carbocycles. The molecular weight excluding hydrogens is 282 g/mol. The average Bonchev–Trinajstić information content (AvgIpc) is 2.70. The van der Waals surface area contributed by atoms with Gasteiger partial charge >= 0.3 is 5.97 Å². The first-order valence-electron chi connectivity index (χ1n) is 6.57. The van der Waals surface area contributed by atoms with Crippen molar-refractivity contribution < 1.29 is 18.3 Å². The van der Waals surface area contributed by atoms with E-state index in [2.05, 4.69) is 14.9 Å². The maximum absolute atomic E-state index is 12.5. The van der Waals surface area contributed by atoms with Gasteiger partial charge in [-0.15, -0.1) is 0 Å². The second-order valence-electron chi connectivity index (χ2n) is 5.32. The molecule has 0 radical (unpaired) electrons. The first kappa shape index (κ1) is 15.0. The zero-order valence-corrected chi connectivity index (χ0v) is 12.4. The van der Waals surface area contributed by atoms with E-state index in [1.54, 1.807) is 13.8 Å². The van der Waals surface area contributed by atoms with E-state index < -0.39 is 21.5 Å². The molecule has 1 aromatic heterocycles. The molecule has 1 heterocycles. The molecule has 8 heteroatoms. The topological polar surface area (TPSA) is 112 Å². The Morgan fingerprint density at radius 3 is 2.35 bits per heavy atom. The summed E-state index contributed by atoms with van der Waals surface area (Å²) >= 11 is 0. The molecule has 0 bridgehead atoms. The third kappa shape index (κ3) is 2.57. The summed E-state index contributed by atoms with van der Waals surface area (Å²) in [6.07, 6.45) is 2.98. The number of aromatic amines is 1. The molecule has 0 unspecified atom stereocenters. The van der Waals surface area contributed by atoms with Gasteiger partial charge in [-0.05, 0) is 26.7 Å². The van der Waals surface area contributed by atoms with Crippen molar-refractivity contribution in [1.82, 2.24) is 14.9 Å². The fourth-order valence-electron chi connectivity index (χ4n) is 2.76. The first-order valence-corrected chi connectivity index (χ1v) is 8.06. The van der Waals surface area contributed by atoms with Crippen LogP contribution in [0.4, 0.5) is 0 Å². The van der Waals surface area contributed by atoms with Crippen LogP contribution < -0.4 is 4.72 Å². The van der Waals surface area contributed by atoms with Crippen molar-refractivity contribution in [3.05, 3.63) is 11.4 Å². The van der Waals surface area contributed by atoms with E-state index in [1.807, 2.05) is 0 Å². The smallest absolute Gasteiger partial charge is 0.324 e. The molecule has 0 saturated heterocycles. The van der Waals surface area contributed by atoms with Crippen LogP contribution in [0.25, 0.3) is 0 Å². The fraction of sp³-hybridized carbons (Fsp3) is 0.667. The van der Waals surface area contributed by atoms with Crippen LogP contribution in [0.3, 0.4) is 0 Å². The molecule has 0 spiro atoms. The highest BCUT2D eigenvalue weighted by Crippen LogP contribution is 2.31. The molecule has 0 aromatic carbocycles. The Morgan fingerprint density at radius 2 is 1.90 bits per heavy atom. The van der Waals surface area contributed by atoms with Gasteiger partial charge in [-0.25, -0.2) is 8.42 Å². The van der Waals surface area contributed by atoms with Crippen molar-refractivity contribution >= 4 is 16.0 Å². The molecule has 112 valence electrons. The van der Waals surface area contributed by atoms with Gasteiger partial charge in [-0.2, -0.15) is 9.82 Å². The van der Waals surface area contributed by atoms with E-state index in [0.29, 0.717) is 37.1 Å². The summed E-state index contributed by atoms with van der Waals surface area (Å²) in [6.45, 7) is 3.18. The molecular formula is C12H19N3O4S. The molecule has 0 aliphatic heterocycles. The van der Waals surface area contributed by atoms with Crippen LogP contribution in [0.2, 0.25) is 0 Å². The van der Waals surface area contributed by atoms with Crippen molar-refractivity contribution in [2.24, 2.45) is 0 Å². The maximum atomic E-state index is 12.5. The third-order valence-electron chi connectivity index (χ3n) is 3.78. The quantitative estimate of drug-likeness (QED) is 0.770. The second-order valence-corrected chi connectivity index (χ2v) is 6.94. The van der Waals surface area contributed by atoms with Crippen molar-refractivity contribution in [2.75, 3.05) is 0 Å². The number of carboxylic acids is 1. The summed E-state index contributed by atoms with van der Waals surface area (Å²) in [4.78, 5) is 11.6. The number of aromatic nitrogens is 2. The number of aliphatic carboxylic acids is 1. The average molecular weight is 301 g/mol. The predicted octanol–water partition coefficient (Wildman–Crippen LogP) is 1.09. The van der Waals surface area contributed by atoms with E-state index >= 15 is 0 Å². The third-order valence-corrected chi connectivity index (χ3v) is 5.57. The van der Waals surface area contributed by atoms with Crippen LogP contribution in [-0.4, -0.2) is 35.2 Å². The monoisotopic (exact) mass is 301 g/mol. The number of H-pyrrole nitrogens is 1. The summed E-state index contributed by atoms with van der Waals surface area (Å²) in [5.74, 6) is -1.11.